The number of hydrogen-bond acceptors (Lipinski definition) is 7. The topological polar surface area (TPSA) is 99.4 Å². The van der Waals surface area contributed by atoms with Gasteiger partial charge in [-0.1, -0.05) is 0 Å². The van der Waals surface area contributed by atoms with E-state index in [0.717, 1.165) is 12.3 Å². The molecule has 0 aliphatic heterocycles. The molecule has 0 bridgehead atoms. The van der Waals surface area contributed by atoms with E-state index in [1.54, 1.807) is 6.07 Å². The molecule has 0 amide bonds. The largest absolute Gasteiger partial charge is 0.433 e. The number of hydrogen-bond donors (Lipinski definition) is 2. The highest BCUT2D eigenvalue weighted by Crippen LogP contribution is 2.38. The van der Waals surface area contributed by atoms with Crippen molar-refractivity contribution in [1.29, 1.82) is 5.26 Å². The maximum atomic E-state index is 12.9. The van der Waals surface area contributed by atoms with E-state index in [2.05, 4.69) is 30.6 Å². The molecule has 2 heterocycles. The minimum Gasteiger partial charge on any atom is -0.351 e. The number of halogens is 5. The molecule has 12 heteroatoms. The van der Waals surface area contributed by atoms with Crippen LogP contribution < -0.4 is 10.6 Å². The smallest absolute Gasteiger partial charge is 0.351 e. The Balaban J connectivity index is 1.80. The number of rotatable bonds is 4. The van der Waals surface area contributed by atoms with Crippen LogP contribution in [0.2, 0.25) is 0 Å². The summed E-state index contributed by atoms with van der Waals surface area (Å²) >= 11 is 0. The quantitative estimate of drug-likeness (QED) is 0.797. The molecular weight excluding hydrogens is 361 g/mol. The van der Waals surface area contributed by atoms with Gasteiger partial charge in [0.15, 0.2) is 0 Å². The van der Waals surface area contributed by atoms with Crippen LogP contribution in [0.15, 0.2) is 18.3 Å². The van der Waals surface area contributed by atoms with Crippen molar-refractivity contribution in [3.8, 4) is 6.07 Å². The standard InChI is InChI=1S/C14H10F5N7/c15-13(16)4-8(5-13)23-12-25-10(6-20)24-11(26-12)22-7-1-2-21-9(3-7)14(17,18)19/h1-3,8H,4-5H2,(H2,21,22,23,24,25,26). The van der Waals surface area contributed by atoms with Gasteiger partial charge >= 0.3 is 6.18 Å². The van der Waals surface area contributed by atoms with Crippen LogP contribution in [-0.2, 0) is 6.18 Å². The van der Waals surface area contributed by atoms with Crippen LogP contribution >= 0.6 is 0 Å². The van der Waals surface area contributed by atoms with Crippen molar-refractivity contribution in [1.82, 2.24) is 19.9 Å². The maximum absolute atomic E-state index is 12.9. The summed E-state index contributed by atoms with van der Waals surface area (Å²) in [6.07, 6.45) is -4.48. The first-order valence-electron chi connectivity index (χ1n) is 7.25. The van der Waals surface area contributed by atoms with Gasteiger partial charge in [0.05, 0.1) is 0 Å². The van der Waals surface area contributed by atoms with Crippen molar-refractivity contribution in [2.75, 3.05) is 10.6 Å². The van der Waals surface area contributed by atoms with Crippen molar-refractivity contribution in [2.24, 2.45) is 0 Å². The first-order valence-corrected chi connectivity index (χ1v) is 7.25. The van der Waals surface area contributed by atoms with Crippen LogP contribution in [0.25, 0.3) is 0 Å². The molecule has 2 N–H and O–H groups in total. The van der Waals surface area contributed by atoms with Crippen LogP contribution in [-0.4, -0.2) is 31.9 Å². The second-order valence-electron chi connectivity index (χ2n) is 5.58. The van der Waals surface area contributed by atoms with Gasteiger partial charge in [0.2, 0.25) is 17.7 Å². The lowest BCUT2D eigenvalue weighted by Crippen LogP contribution is -2.44. The third-order valence-electron chi connectivity index (χ3n) is 3.47. The van der Waals surface area contributed by atoms with Gasteiger partial charge in [0.25, 0.3) is 5.92 Å². The lowest BCUT2D eigenvalue weighted by atomic mass is 9.88. The lowest BCUT2D eigenvalue weighted by molar-refractivity contribution is -0.141. The molecule has 0 atom stereocenters. The molecule has 7 nitrogen and oxygen atoms in total. The highest BCUT2D eigenvalue weighted by Gasteiger charge is 2.45. The first kappa shape index (κ1) is 17.7. The SMILES string of the molecule is N#Cc1nc(Nc2ccnc(C(F)(F)F)c2)nc(NC2CC(F)(F)C2)n1. The van der Waals surface area contributed by atoms with Crippen LogP contribution in [0.4, 0.5) is 39.5 Å². The summed E-state index contributed by atoms with van der Waals surface area (Å²) in [5.41, 5.74) is -1.13. The van der Waals surface area contributed by atoms with Crippen molar-refractivity contribution < 1.29 is 22.0 Å². The fourth-order valence-corrected chi connectivity index (χ4v) is 2.28. The van der Waals surface area contributed by atoms with E-state index < -0.39 is 36.7 Å². The van der Waals surface area contributed by atoms with Gasteiger partial charge < -0.3 is 10.6 Å². The monoisotopic (exact) mass is 371 g/mol. The van der Waals surface area contributed by atoms with E-state index in [0.29, 0.717) is 0 Å². The van der Waals surface area contributed by atoms with Gasteiger partial charge in [0.1, 0.15) is 11.8 Å². The van der Waals surface area contributed by atoms with Crippen molar-refractivity contribution in [2.45, 2.75) is 31.0 Å². The zero-order valence-electron chi connectivity index (χ0n) is 12.8. The van der Waals surface area contributed by atoms with Gasteiger partial charge in [-0.05, 0) is 12.1 Å². The summed E-state index contributed by atoms with van der Waals surface area (Å²) in [7, 11) is 0. The number of nitriles is 1. The van der Waals surface area contributed by atoms with Crippen molar-refractivity contribution in [3.05, 3.63) is 29.8 Å². The number of aromatic nitrogens is 4. The molecule has 0 spiro atoms. The van der Waals surface area contributed by atoms with E-state index in [1.165, 1.54) is 6.07 Å². The van der Waals surface area contributed by atoms with Crippen molar-refractivity contribution in [3.63, 3.8) is 0 Å². The fraction of sp³-hybridized carbons (Fsp3) is 0.357. The average molecular weight is 371 g/mol. The van der Waals surface area contributed by atoms with Gasteiger partial charge in [0, 0.05) is 30.8 Å². The summed E-state index contributed by atoms with van der Waals surface area (Å²) in [5, 5.41) is 14.1. The summed E-state index contributed by atoms with van der Waals surface area (Å²) in [6, 6.07) is 3.11. The molecular formula is C14H10F5N7. The highest BCUT2D eigenvalue weighted by molar-refractivity contribution is 5.54. The highest BCUT2D eigenvalue weighted by atomic mass is 19.4. The minimum atomic E-state index is -4.63. The van der Waals surface area contributed by atoms with E-state index in [1.807, 2.05) is 0 Å². The number of pyridine rings is 1. The summed E-state index contributed by atoms with van der Waals surface area (Å²) in [4.78, 5) is 14.6. The Morgan fingerprint density at radius 1 is 1.15 bits per heavy atom. The van der Waals surface area contributed by atoms with E-state index in [-0.39, 0.29) is 23.4 Å². The third kappa shape index (κ3) is 4.11. The molecule has 1 aliphatic rings. The molecule has 1 fully saturated rings. The fourth-order valence-electron chi connectivity index (χ4n) is 2.28. The second kappa shape index (κ2) is 6.32. The van der Waals surface area contributed by atoms with Gasteiger partial charge in [-0.25, -0.2) is 8.78 Å². The molecule has 0 radical (unpaired) electrons. The predicted octanol–water partition coefficient (Wildman–Crippen LogP) is 3.11. The van der Waals surface area contributed by atoms with E-state index >= 15 is 0 Å². The molecule has 1 saturated carbocycles. The van der Waals surface area contributed by atoms with E-state index in [9.17, 15) is 22.0 Å². The Bertz CT molecular complexity index is 853. The Kier molecular flexibility index (Phi) is 4.31. The summed E-state index contributed by atoms with van der Waals surface area (Å²) < 4.78 is 63.8. The Morgan fingerprint density at radius 3 is 2.46 bits per heavy atom. The number of alkyl halides is 5. The zero-order chi connectivity index (χ0) is 18.9. The lowest BCUT2D eigenvalue weighted by Gasteiger charge is -2.35. The number of nitrogens with zero attached hydrogens (tertiary/aromatic N) is 5. The average Bonchev–Trinajstić information content (AvgIpc) is 2.52. The van der Waals surface area contributed by atoms with E-state index in [4.69, 9.17) is 5.26 Å². The molecule has 136 valence electrons. The van der Waals surface area contributed by atoms with Gasteiger partial charge in [-0.2, -0.15) is 33.4 Å². The Labute approximate surface area is 143 Å². The summed E-state index contributed by atoms with van der Waals surface area (Å²) in [6.45, 7) is 0. The minimum absolute atomic E-state index is 0.0106. The third-order valence-corrected chi connectivity index (χ3v) is 3.47. The first-order chi connectivity index (χ1) is 12.1. The predicted molar refractivity (Wildman–Crippen MR) is 78.7 cm³/mol. The normalized spacial score (nSPS) is 16.5. The second-order valence-corrected chi connectivity index (χ2v) is 5.58. The van der Waals surface area contributed by atoms with Crippen LogP contribution in [0.3, 0.4) is 0 Å². The molecule has 26 heavy (non-hydrogen) atoms. The van der Waals surface area contributed by atoms with Crippen LogP contribution in [0.5, 0.6) is 0 Å². The maximum Gasteiger partial charge on any atom is 0.433 e. The Morgan fingerprint density at radius 2 is 1.85 bits per heavy atom. The number of nitrogens with one attached hydrogen (secondary N) is 2. The zero-order valence-corrected chi connectivity index (χ0v) is 12.8. The van der Waals surface area contributed by atoms with Crippen molar-refractivity contribution >= 4 is 17.6 Å². The van der Waals surface area contributed by atoms with Crippen LogP contribution in [0, 0.1) is 11.3 Å². The number of anilines is 3. The molecule has 0 aromatic carbocycles. The Hall–Kier alpha value is -3.10. The summed E-state index contributed by atoms with van der Waals surface area (Å²) in [5.74, 6) is -3.40. The van der Waals surface area contributed by atoms with Crippen LogP contribution in [0.1, 0.15) is 24.4 Å². The molecule has 2 aromatic heterocycles. The molecule has 0 saturated heterocycles. The van der Waals surface area contributed by atoms with Gasteiger partial charge in [-0.3, -0.25) is 4.98 Å². The van der Waals surface area contributed by atoms with Gasteiger partial charge in [-0.15, -0.1) is 0 Å². The molecule has 1 aliphatic carbocycles. The molecule has 3 rings (SSSR count). The molecule has 0 unspecified atom stereocenters. The molecule has 2 aromatic rings.